The molecular weight excluding hydrogens is 236 g/mol. The third-order valence-corrected chi connectivity index (χ3v) is 3.29. The van der Waals surface area contributed by atoms with E-state index >= 15 is 0 Å². The predicted molar refractivity (Wildman–Crippen MR) is 75.7 cm³/mol. The molecule has 1 aromatic carbocycles. The highest BCUT2D eigenvalue weighted by atomic mass is 15.0. The number of aryl methyl sites for hydroxylation is 1. The number of hydrogen-bond donors (Lipinski definition) is 2. The van der Waals surface area contributed by atoms with Crippen LogP contribution in [-0.4, -0.2) is 15.0 Å². The van der Waals surface area contributed by atoms with Crippen LogP contribution in [0.2, 0.25) is 0 Å². The summed E-state index contributed by atoms with van der Waals surface area (Å²) in [6.45, 7) is 2.04. The zero-order chi connectivity index (χ0) is 13.2. The van der Waals surface area contributed by atoms with Crippen LogP contribution in [0.1, 0.15) is 23.0 Å². The number of fused-ring (bicyclic) bond motifs is 1. The Morgan fingerprint density at radius 3 is 2.74 bits per heavy atom. The van der Waals surface area contributed by atoms with Crippen LogP contribution in [-0.2, 0) is 6.42 Å². The Bertz CT molecular complexity index is 688. The van der Waals surface area contributed by atoms with Gasteiger partial charge < -0.3 is 10.7 Å². The lowest BCUT2D eigenvalue weighted by Crippen LogP contribution is -2.13. The first-order valence-electron chi connectivity index (χ1n) is 6.35. The molecule has 2 aromatic heterocycles. The summed E-state index contributed by atoms with van der Waals surface area (Å²) in [4.78, 5) is 12.1. The number of aromatic nitrogens is 3. The van der Waals surface area contributed by atoms with E-state index in [1.165, 1.54) is 0 Å². The minimum atomic E-state index is -0.0536. The molecule has 4 heteroatoms. The molecule has 2 heterocycles. The molecular formula is C15H16N4. The van der Waals surface area contributed by atoms with Crippen molar-refractivity contribution < 1.29 is 0 Å². The van der Waals surface area contributed by atoms with E-state index in [9.17, 15) is 0 Å². The molecule has 1 atom stereocenters. The Balaban J connectivity index is 1.88. The van der Waals surface area contributed by atoms with Gasteiger partial charge in [0.15, 0.2) is 5.65 Å². The average Bonchev–Trinajstić information content (AvgIpc) is 2.84. The molecule has 0 aliphatic heterocycles. The van der Waals surface area contributed by atoms with E-state index in [1.54, 1.807) is 6.20 Å². The molecule has 0 amide bonds. The van der Waals surface area contributed by atoms with Gasteiger partial charge >= 0.3 is 0 Å². The molecule has 4 nitrogen and oxygen atoms in total. The lowest BCUT2D eigenvalue weighted by molar-refractivity contribution is 0.696. The minimum Gasteiger partial charge on any atom is -0.340 e. The highest BCUT2D eigenvalue weighted by Crippen LogP contribution is 2.17. The molecule has 3 rings (SSSR count). The lowest BCUT2D eigenvalue weighted by Gasteiger charge is -2.09. The smallest absolute Gasteiger partial charge is 0.177 e. The first kappa shape index (κ1) is 11.9. The van der Waals surface area contributed by atoms with Gasteiger partial charge in [-0.15, -0.1) is 0 Å². The van der Waals surface area contributed by atoms with E-state index in [4.69, 9.17) is 5.73 Å². The van der Waals surface area contributed by atoms with Gasteiger partial charge in [0.2, 0.25) is 0 Å². The van der Waals surface area contributed by atoms with Crippen molar-refractivity contribution in [3.63, 3.8) is 0 Å². The zero-order valence-electron chi connectivity index (χ0n) is 10.8. The van der Waals surface area contributed by atoms with E-state index in [2.05, 4.69) is 15.0 Å². The Labute approximate surface area is 111 Å². The van der Waals surface area contributed by atoms with Gasteiger partial charge in [-0.3, -0.25) is 0 Å². The fourth-order valence-corrected chi connectivity index (χ4v) is 2.21. The van der Waals surface area contributed by atoms with Crippen LogP contribution in [0.4, 0.5) is 0 Å². The summed E-state index contributed by atoms with van der Waals surface area (Å²) < 4.78 is 0. The molecule has 0 radical (unpaired) electrons. The molecule has 96 valence electrons. The fourth-order valence-electron chi connectivity index (χ4n) is 2.21. The van der Waals surface area contributed by atoms with Crippen molar-refractivity contribution in [2.45, 2.75) is 19.4 Å². The maximum atomic E-state index is 6.21. The van der Waals surface area contributed by atoms with Crippen LogP contribution < -0.4 is 5.73 Å². The fraction of sp³-hybridized carbons (Fsp3) is 0.200. The van der Waals surface area contributed by atoms with E-state index < -0.39 is 0 Å². The van der Waals surface area contributed by atoms with E-state index in [0.29, 0.717) is 6.42 Å². The molecule has 3 aromatic rings. The highest BCUT2D eigenvalue weighted by Gasteiger charge is 2.11. The van der Waals surface area contributed by atoms with Gasteiger partial charge in [0.05, 0.1) is 5.52 Å². The Morgan fingerprint density at radius 1 is 1.21 bits per heavy atom. The van der Waals surface area contributed by atoms with Crippen molar-refractivity contribution in [1.29, 1.82) is 0 Å². The minimum absolute atomic E-state index is 0.0536. The second kappa shape index (κ2) is 4.82. The average molecular weight is 252 g/mol. The van der Waals surface area contributed by atoms with E-state index in [1.807, 2.05) is 43.3 Å². The van der Waals surface area contributed by atoms with Gasteiger partial charge in [-0.2, -0.15) is 0 Å². The van der Waals surface area contributed by atoms with Crippen LogP contribution in [0.25, 0.3) is 11.2 Å². The second-order valence-electron chi connectivity index (χ2n) is 4.73. The molecule has 3 N–H and O–H groups in total. The summed E-state index contributed by atoms with van der Waals surface area (Å²) in [5.74, 6) is 0.883. The number of imidazole rings is 1. The first-order valence-corrected chi connectivity index (χ1v) is 6.35. The molecule has 0 aliphatic rings. The Kier molecular flexibility index (Phi) is 3.01. The molecule has 1 unspecified atom stereocenters. The topological polar surface area (TPSA) is 67.6 Å². The van der Waals surface area contributed by atoms with Crippen LogP contribution in [0.5, 0.6) is 0 Å². The number of aromatic amines is 1. The zero-order valence-corrected chi connectivity index (χ0v) is 10.8. The molecule has 0 aliphatic carbocycles. The normalized spacial score (nSPS) is 12.7. The first-order chi connectivity index (χ1) is 9.24. The number of hydrogen-bond acceptors (Lipinski definition) is 3. The quantitative estimate of drug-likeness (QED) is 0.752. The van der Waals surface area contributed by atoms with E-state index in [-0.39, 0.29) is 6.04 Å². The number of nitrogens with two attached hydrogens (primary N) is 1. The van der Waals surface area contributed by atoms with Crippen LogP contribution >= 0.6 is 0 Å². The molecule has 0 spiro atoms. The predicted octanol–water partition coefficient (Wildman–Crippen LogP) is 2.51. The van der Waals surface area contributed by atoms with Gasteiger partial charge in [0.1, 0.15) is 5.82 Å². The Hall–Kier alpha value is -2.20. The molecule has 0 saturated heterocycles. The van der Waals surface area contributed by atoms with Gasteiger partial charge in [-0.25, -0.2) is 9.97 Å². The standard InChI is InChI=1S/C15H16N4/c1-10-7-8-17-15-14(10)18-13(19-15)9-12(16)11-5-3-2-4-6-11/h2-8,12H,9,16H2,1H3,(H,17,18,19). The number of nitrogens with zero attached hydrogens (tertiary/aromatic N) is 2. The van der Waals surface area contributed by atoms with Gasteiger partial charge in [-0.1, -0.05) is 30.3 Å². The third-order valence-electron chi connectivity index (χ3n) is 3.29. The summed E-state index contributed by atoms with van der Waals surface area (Å²) in [6, 6.07) is 12.0. The van der Waals surface area contributed by atoms with Crippen LogP contribution in [0.3, 0.4) is 0 Å². The lowest BCUT2D eigenvalue weighted by atomic mass is 10.0. The van der Waals surface area contributed by atoms with Gasteiger partial charge in [0.25, 0.3) is 0 Å². The van der Waals surface area contributed by atoms with Gasteiger partial charge in [0, 0.05) is 18.7 Å². The third kappa shape index (κ3) is 2.35. The summed E-state index contributed by atoms with van der Waals surface area (Å²) in [5.41, 5.74) is 10.2. The number of pyridine rings is 1. The van der Waals surface area contributed by atoms with Crippen LogP contribution in [0, 0.1) is 6.92 Å². The molecule has 0 saturated carbocycles. The molecule has 0 fully saturated rings. The van der Waals surface area contributed by atoms with Gasteiger partial charge in [-0.05, 0) is 24.1 Å². The maximum absolute atomic E-state index is 6.21. The summed E-state index contributed by atoms with van der Waals surface area (Å²) >= 11 is 0. The van der Waals surface area contributed by atoms with Crippen molar-refractivity contribution in [3.8, 4) is 0 Å². The Morgan fingerprint density at radius 2 is 2.00 bits per heavy atom. The highest BCUT2D eigenvalue weighted by molar-refractivity contribution is 5.74. The summed E-state index contributed by atoms with van der Waals surface area (Å²) in [6.07, 6.45) is 2.46. The summed E-state index contributed by atoms with van der Waals surface area (Å²) in [5, 5.41) is 0. The second-order valence-corrected chi connectivity index (χ2v) is 4.73. The maximum Gasteiger partial charge on any atom is 0.177 e. The van der Waals surface area contributed by atoms with Crippen LogP contribution in [0.15, 0.2) is 42.6 Å². The number of benzene rings is 1. The number of nitrogens with one attached hydrogen (secondary N) is 1. The van der Waals surface area contributed by atoms with Crippen molar-refractivity contribution in [2.75, 3.05) is 0 Å². The molecule has 19 heavy (non-hydrogen) atoms. The largest absolute Gasteiger partial charge is 0.340 e. The summed E-state index contributed by atoms with van der Waals surface area (Å²) in [7, 11) is 0. The monoisotopic (exact) mass is 252 g/mol. The number of rotatable bonds is 3. The SMILES string of the molecule is Cc1ccnc2nc(CC(N)c3ccccc3)[nH]c12. The van der Waals surface area contributed by atoms with Crippen molar-refractivity contribution in [1.82, 2.24) is 15.0 Å². The van der Waals surface area contributed by atoms with Crippen molar-refractivity contribution in [2.24, 2.45) is 5.73 Å². The molecule has 0 bridgehead atoms. The van der Waals surface area contributed by atoms with Crippen molar-refractivity contribution >= 4 is 11.2 Å². The van der Waals surface area contributed by atoms with E-state index in [0.717, 1.165) is 28.1 Å². The number of H-pyrrole nitrogens is 1. The van der Waals surface area contributed by atoms with Crippen molar-refractivity contribution in [3.05, 3.63) is 59.5 Å².